The van der Waals surface area contributed by atoms with Crippen LogP contribution < -0.4 is 0 Å². The van der Waals surface area contributed by atoms with Gasteiger partial charge in [0, 0.05) is 6.42 Å². The number of nitrogens with zero attached hydrogens (tertiary/aromatic N) is 1. The third-order valence-corrected chi connectivity index (χ3v) is 4.49. The molecule has 0 radical (unpaired) electrons. The van der Waals surface area contributed by atoms with E-state index in [-0.39, 0.29) is 19.2 Å². The van der Waals surface area contributed by atoms with Crippen LogP contribution in [-0.2, 0) is 15.1 Å². The van der Waals surface area contributed by atoms with Gasteiger partial charge in [0.2, 0.25) is 0 Å². The van der Waals surface area contributed by atoms with Gasteiger partial charge in [-0.25, -0.2) is 4.55 Å². The minimum Gasteiger partial charge on any atom is -0.239 e. The summed E-state index contributed by atoms with van der Waals surface area (Å²) in [6.07, 6.45) is 0.301. The molecule has 1 heterocycles. The summed E-state index contributed by atoms with van der Waals surface area (Å²) in [5, 5.41) is 0. The highest BCUT2D eigenvalue weighted by molar-refractivity contribution is 7.79. The van der Waals surface area contributed by atoms with Crippen LogP contribution in [0.5, 0.6) is 0 Å². The molecule has 2 atom stereocenters. The Kier molecular flexibility index (Phi) is 3.22. The average molecular weight is 258 g/mol. The Morgan fingerprint density at radius 1 is 1.41 bits per heavy atom. The van der Waals surface area contributed by atoms with E-state index < -0.39 is 14.4 Å². The van der Waals surface area contributed by atoms with Crippen molar-refractivity contribution in [2.24, 2.45) is 0 Å². The molecule has 1 fully saturated rings. The van der Waals surface area contributed by atoms with Crippen molar-refractivity contribution in [2.75, 3.05) is 13.1 Å². The zero-order valence-electron chi connectivity index (χ0n) is 9.61. The van der Waals surface area contributed by atoms with Crippen molar-refractivity contribution < 1.29 is 21.9 Å². The Morgan fingerprint density at radius 3 is 2.53 bits per heavy atom. The number of rotatable bonds is 3. The first kappa shape index (κ1) is 12.5. The molecule has 2 unspecified atom stereocenters. The molecular formula is C11H16NO4S+. The zero-order chi connectivity index (χ0) is 12.5. The minimum atomic E-state index is -4.24. The quantitative estimate of drug-likeness (QED) is 0.662. The van der Waals surface area contributed by atoms with Crippen LogP contribution in [0.3, 0.4) is 0 Å². The molecule has 0 aromatic heterocycles. The van der Waals surface area contributed by atoms with Crippen LogP contribution in [0.4, 0.5) is 0 Å². The highest BCUT2D eigenvalue weighted by atomic mass is 32.2. The van der Waals surface area contributed by atoms with E-state index in [9.17, 15) is 13.0 Å². The normalized spacial score (nSPS) is 29.4. The molecular weight excluding hydrogens is 242 g/mol. The van der Waals surface area contributed by atoms with Gasteiger partial charge in [0.05, 0.1) is 0 Å². The highest BCUT2D eigenvalue weighted by Crippen LogP contribution is 2.36. The highest BCUT2D eigenvalue weighted by Gasteiger charge is 2.50. The van der Waals surface area contributed by atoms with Crippen LogP contribution in [0, 0.1) is 0 Å². The minimum absolute atomic E-state index is 0.197. The third-order valence-electron chi connectivity index (χ3n) is 3.12. The first-order valence-corrected chi connectivity index (χ1v) is 6.96. The molecule has 0 bridgehead atoms. The van der Waals surface area contributed by atoms with Gasteiger partial charge in [-0.15, -0.1) is 8.42 Å². The molecule has 0 amide bonds. The molecule has 94 valence electrons. The van der Waals surface area contributed by atoms with Gasteiger partial charge in [0.15, 0.2) is 0 Å². The van der Waals surface area contributed by atoms with Gasteiger partial charge in [-0.2, -0.15) is 4.84 Å². The molecule has 1 aliphatic heterocycles. The first-order chi connectivity index (χ1) is 7.98. The number of hydroxylamine groups is 2. The fourth-order valence-corrected chi connectivity index (χ4v) is 2.99. The fourth-order valence-electron chi connectivity index (χ4n) is 2.11. The van der Waals surface area contributed by atoms with Gasteiger partial charge in [-0.3, -0.25) is 0 Å². The first-order valence-electron chi connectivity index (χ1n) is 5.56. The predicted octanol–water partition coefficient (Wildman–Crippen LogP) is 1.70. The van der Waals surface area contributed by atoms with E-state index in [0.29, 0.717) is 6.42 Å². The summed E-state index contributed by atoms with van der Waals surface area (Å²) >= 11 is 0. The summed E-state index contributed by atoms with van der Waals surface area (Å²) < 4.78 is 31.3. The van der Waals surface area contributed by atoms with E-state index in [1.165, 1.54) is 0 Å². The van der Waals surface area contributed by atoms with E-state index in [1.807, 2.05) is 30.3 Å². The maximum Gasteiger partial charge on any atom is 0.464 e. The summed E-state index contributed by atoms with van der Waals surface area (Å²) in [5.74, 6) is 0. The van der Waals surface area contributed by atoms with Gasteiger partial charge in [0.25, 0.3) is 0 Å². The van der Waals surface area contributed by atoms with Crippen LogP contribution in [0.2, 0.25) is 0 Å². The largest absolute Gasteiger partial charge is 0.464 e. The van der Waals surface area contributed by atoms with Crippen LogP contribution in [0.25, 0.3) is 0 Å². The molecule has 1 N–H and O–H groups in total. The van der Waals surface area contributed by atoms with Crippen molar-refractivity contribution >= 4 is 10.3 Å². The molecule has 6 heteroatoms. The molecule has 1 aromatic rings. The van der Waals surface area contributed by atoms with Crippen molar-refractivity contribution in [1.29, 1.82) is 0 Å². The lowest BCUT2D eigenvalue weighted by Crippen LogP contribution is -2.48. The van der Waals surface area contributed by atoms with Gasteiger partial charge in [-0.05, 0) is 12.5 Å². The summed E-state index contributed by atoms with van der Waals surface area (Å²) in [7, 11) is -4.24. The second kappa shape index (κ2) is 4.38. The van der Waals surface area contributed by atoms with Crippen molar-refractivity contribution in [1.82, 2.24) is 0 Å². The van der Waals surface area contributed by atoms with Gasteiger partial charge in [0.1, 0.15) is 19.2 Å². The summed E-state index contributed by atoms with van der Waals surface area (Å²) in [4.78, 5) is 5.55. The smallest absolute Gasteiger partial charge is 0.239 e. The topological polar surface area (TPSA) is 63.6 Å². The number of hydrogen-bond acceptors (Lipinski definition) is 3. The lowest BCUT2D eigenvalue weighted by atomic mass is 10.1. The Hall–Kier alpha value is -0.950. The summed E-state index contributed by atoms with van der Waals surface area (Å²) in [6, 6.07) is 9.44. The molecule has 5 nitrogen and oxygen atoms in total. The number of benzene rings is 1. The molecule has 1 aliphatic rings. The van der Waals surface area contributed by atoms with Crippen LogP contribution in [-0.4, -0.2) is 30.1 Å². The second-order valence-electron chi connectivity index (χ2n) is 4.10. The summed E-state index contributed by atoms with van der Waals surface area (Å²) in [5.41, 5.74) is 0.935. The third kappa shape index (κ3) is 2.21. The molecule has 0 spiro atoms. The lowest BCUT2D eigenvalue weighted by Gasteiger charge is -2.24. The Morgan fingerprint density at radius 2 is 2.06 bits per heavy atom. The van der Waals surface area contributed by atoms with E-state index in [4.69, 9.17) is 4.84 Å². The van der Waals surface area contributed by atoms with Gasteiger partial charge < -0.3 is 0 Å². The average Bonchev–Trinajstić information content (AvgIpc) is 2.75. The van der Waals surface area contributed by atoms with E-state index in [2.05, 4.69) is 0 Å². The Balaban J connectivity index is 2.25. The molecule has 17 heavy (non-hydrogen) atoms. The predicted molar refractivity (Wildman–Crippen MR) is 62.1 cm³/mol. The van der Waals surface area contributed by atoms with Crippen LogP contribution in [0.15, 0.2) is 30.3 Å². The molecule has 2 rings (SSSR count). The standard InChI is InChI=1S/C11H15NO4S/c1-2-12(17(13,14)15)9-8-11(16-12)10-6-4-3-5-7-10/h3-7,11H,2,8-9H2,1H3/p+1. The van der Waals surface area contributed by atoms with Crippen molar-refractivity contribution in [3.63, 3.8) is 0 Å². The molecule has 0 aliphatic carbocycles. The Labute approximate surface area is 101 Å². The van der Waals surface area contributed by atoms with Crippen molar-refractivity contribution in [2.45, 2.75) is 19.4 Å². The van der Waals surface area contributed by atoms with E-state index in [1.54, 1.807) is 6.92 Å². The lowest BCUT2D eigenvalue weighted by molar-refractivity contribution is -0.996. The molecule has 1 aromatic carbocycles. The number of quaternary nitrogens is 1. The second-order valence-corrected chi connectivity index (χ2v) is 5.66. The van der Waals surface area contributed by atoms with Gasteiger partial charge in [-0.1, -0.05) is 34.4 Å². The zero-order valence-corrected chi connectivity index (χ0v) is 10.4. The van der Waals surface area contributed by atoms with Crippen LogP contribution in [0.1, 0.15) is 25.0 Å². The Bertz CT molecular complexity index is 487. The fraction of sp³-hybridized carbons (Fsp3) is 0.455. The maximum atomic E-state index is 11.4. The van der Waals surface area contributed by atoms with E-state index in [0.717, 1.165) is 5.56 Å². The SMILES string of the molecule is CC[N+]1(S(=O)(=O)O)CCC(c2ccccc2)O1. The molecule has 1 saturated heterocycles. The summed E-state index contributed by atoms with van der Waals surface area (Å²) in [6.45, 7) is 2.15. The maximum absolute atomic E-state index is 11.4. The van der Waals surface area contributed by atoms with Crippen molar-refractivity contribution in [3.05, 3.63) is 35.9 Å². The number of hydrogen-bond donors (Lipinski definition) is 1. The van der Waals surface area contributed by atoms with Gasteiger partial charge >= 0.3 is 10.3 Å². The van der Waals surface area contributed by atoms with Crippen LogP contribution >= 0.6 is 0 Å². The van der Waals surface area contributed by atoms with E-state index >= 15 is 0 Å². The monoisotopic (exact) mass is 258 g/mol. The molecule has 0 saturated carbocycles. The van der Waals surface area contributed by atoms with Crippen molar-refractivity contribution in [3.8, 4) is 0 Å².